The van der Waals surface area contributed by atoms with Crippen LogP contribution >= 0.6 is 11.3 Å². The molecule has 2 atom stereocenters. The lowest BCUT2D eigenvalue weighted by Gasteiger charge is -2.14. The maximum atomic E-state index is 12.4. The van der Waals surface area contributed by atoms with Gasteiger partial charge in [-0.3, -0.25) is 19.3 Å². The summed E-state index contributed by atoms with van der Waals surface area (Å²) in [4.78, 5) is 42.7. The minimum absolute atomic E-state index is 0.188. The number of allylic oxidation sites excluding steroid dienone is 2. The van der Waals surface area contributed by atoms with Crippen LogP contribution < -0.4 is 5.32 Å². The summed E-state index contributed by atoms with van der Waals surface area (Å²) < 4.78 is 0. The molecule has 1 aromatic heterocycles. The summed E-state index contributed by atoms with van der Waals surface area (Å²) >= 11 is 1.63. The lowest BCUT2D eigenvalue weighted by Crippen LogP contribution is -2.41. The topological polar surface area (TPSA) is 79.4 Å². The Morgan fingerprint density at radius 1 is 1.14 bits per heavy atom. The van der Waals surface area contributed by atoms with Crippen LogP contribution in [0, 0.1) is 18.8 Å². The highest BCUT2D eigenvalue weighted by Crippen LogP contribution is 2.34. The van der Waals surface area contributed by atoms with Gasteiger partial charge in [-0.25, -0.2) is 4.98 Å². The number of aryl methyl sites for hydroxylation is 1. The Hall–Kier alpha value is -2.80. The van der Waals surface area contributed by atoms with Crippen molar-refractivity contribution in [2.24, 2.45) is 11.8 Å². The second-order valence-electron chi connectivity index (χ2n) is 7.47. The second-order valence-corrected chi connectivity index (χ2v) is 8.53. The fourth-order valence-corrected chi connectivity index (χ4v) is 4.53. The highest BCUT2D eigenvalue weighted by Gasteiger charge is 2.47. The van der Waals surface area contributed by atoms with Crippen LogP contribution in [0.15, 0.2) is 41.8 Å². The number of benzene rings is 1. The Labute approximate surface area is 173 Å². The molecule has 1 aliphatic heterocycles. The zero-order valence-electron chi connectivity index (χ0n) is 16.3. The average molecular weight is 410 g/mol. The van der Waals surface area contributed by atoms with Crippen LogP contribution in [-0.2, 0) is 20.8 Å². The van der Waals surface area contributed by atoms with Gasteiger partial charge in [0.2, 0.25) is 17.7 Å². The molecule has 1 aromatic carbocycles. The van der Waals surface area contributed by atoms with E-state index in [0.29, 0.717) is 25.8 Å². The van der Waals surface area contributed by atoms with E-state index in [1.165, 1.54) is 0 Å². The molecular formula is C22H23N3O3S. The molecule has 4 rings (SSSR count). The van der Waals surface area contributed by atoms with E-state index in [0.717, 1.165) is 26.7 Å². The van der Waals surface area contributed by atoms with Gasteiger partial charge in [0.1, 0.15) is 6.54 Å². The third-order valence-corrected chi connectivity index (χ3v) is 6.28. The lowest BCUT2D eigenvalue weighted by atomic mass is 9.85. The normalized spacial score (nSPS) is 20.8. The molecule has 2 unspecified atom stereocenters. The van der Waals surface area contributed by atoms with Gasteiger partial charge >= 0.3 is 0 Å². The van der Waals surface area contributed by atoms with Gasteiger partial charge in [0.25, 0.3) is 0 Å². The van der Waals surface area contributed by atoms with Crippen LogP contribution in [0.25, 0.3) is 11.3 Å². The lowest BCUT2D eigenvalue weighted by molar-refractivity contribution is -0.143. The Bertz CT molecular complexity index is 938. The Morgan fingerprint density at radius 2 is 1.79 bits per heavy atom. The number of nitrogens with one attached hydrogen (secondary N) is 1. The summed E-state index contributed by atoms with van der Waals surface area (Å²) in [5, 5.41) is 5.90. The summed E-state index contributed by atoms with van der Waals surface area (Å²) in [6.07, 6.45) is 5.74. The van der Waals surface area contributed by atoms with Crippen molar-refractivity contribution in [3.63, 3.8) is 0 Å². The first kappa shape index (κ1) is 19.5. The van der Waals surface area contributed by atoms with Gasteiger partial charge in [-0.15, -0.1) is 11.3 Å². The zero-order chi connectivity index (χ0) is 20.4. The molecule has 2 heterocycles. The number of carbonyl (C=O) groups is 3. The molecular weight excluding hydrogens is 386 g/mol. The summed E-state index contributed by atoms with van der Waals surface area (Å²) in [5.74, 6) is -1.31. The van der Waals surface area contributed by atoms with Crippen molar-refractivity contribution in [1.82, 2.24) is 15.2 Å². The molecule has 29 heavy (non-hydrogen) atoms. The Morgan fingerprint density at radius 3 is 2.38 bits per heavy atom. The van der Waals surface area contributed by atoms with Gasteiger partial charge in [0.05, 0.1) is 22.5 Å². The van der Waals surface area contributed by atoms with Gasteiger partial charge < -0.3 is 5.32 Å². The third kappa shape index (κ3) is 4.15. The maximum absolute atomic E-state index is 12.4. The summed E-state index contributed by atoms with van der Waals surface area (Å²) in [7, 11) is 0. The molecule has 0 radical (unpaired) electrons. The smallest absolute Gasteiger partial charge is 0.240 e. The van der Waals surface area contributed by atoms with Crippen molar-refractivity contribution in [3.05, 3.63) is 52.4 Å². The molecule has 1 N–H and O–H groups in total. The number of fused-ring (bicyclic) bond motifs is 1. The maximum Gasteiger partial charge on any atom is 0.240 e. The standard InChI is InChI=1S/C22H23N3O3S/c1-14-24-19(13-29-14)16-8-6-15(7-9-16)10-11-23-20(26)12-25-21(27)17-4-2-3-5-18(17)22(25)28/h2-3,6-9,13,17-18H,4-5,10-12H2,1H3,(H,23,26). The van der Waals surface area contributed by atoms with E-state index in [1.54, 1.807) is 11.3 Å². The Balaban J connectivity index is 1.26. The van der Waals surface area contributed by atoms with E-state index in [9.17, 15) is 14.4 Å². The molecule has 0 saturated carbocycles. The van der Waals surface area contributed by atoms with Gasteiger partial charge in [0, 0.05) is 17.5 Å². The number of imide groups is 1. The first-order valence-corrected chi connectivity index (χ1v) is 10.7. The highest BCUT2D eigenvalue weighted by atomic mass is 32.1. The van der Waals surface area contributed by atoms with Gasteiger partial charge in [-0.1, -0.05) is 36.4 Å². The first-order valence-electron chi connectivity index (χ1n) is 9.81. The number of likely N-dealkylation sites (tertiary alicyclic amines) is 1. The van der Waals surface area contributed by atoms with Crippen LogP contribution in [0.2, 0.25) is 0 Å². The summed E-state index contributed by atoms with van der Waals surface area (Å²) in [6, 6.07) is 8.12. The molecule has 1 saturated heterocycles. The predicted molar refractivity (Wildman–Crippen MR) is 111 cm³/mol. The number of hydrogen-bond acceptors (Lipinski definition) is 5. The van der Waals surface area contributed by atoms with Crippen LogP contribution in [0.4, 0.5) is 0 Å². The number of rotatable bonds is 6. The van der Waals surface area contributed by atoms with E-state index in [2.05, 4.69) is 10.3 Å². The fraction of sp³-hybridized carbons (Fsp3) is 0.364. The Kier molecular flexibility index (Phi) is 5.58. The number of carbonyl (C=O) groups excluding carboxylic acids is 3. The van der Waals surface area contributed by atoms with Crippen LogP contribution in [0.3, 0.4) is 0 Å². The SMILES string of the molecule is Cc1nc(-c2ccc(CCNC(=O)CN3C(=O)C4CC=CCC4C3=O)cc2)cs1. The number of hydrogen-bond donors (Lipinski definition) is 1. The van der Waals surface area contributed by atoms with Gasteiger partial charge in [-0.2, -0.15) is 0 Å². The molecule has 2 aliphatic rings. The minimum Gasteiger partial charge on any atom is -0.354 e. The van der Waals surface area contributed by atoms with Crippen molar-refractivity contribution in [2.45, 2.75) is 26.2 Å². The largest absolute Gasteiger partial charge is 0.354 e. The molecule has 150 valence electrons. The van der Waals surface area contributed by atoms with E-state index >= 15 is 0 Å². The van der Waals surface area contributed by atoms with E-state index < -0.39 is 0 Å². The van der Waals surface area contributed by atoms with Gasteiger partial charge in [0.15, 0.2) is 0 Å². The third-order valence-electron chi connectivity index (χ3n) is 5.51. The summed E-state index contributed by atoms with van der Waals surface area (Å²) in [6.45, 7) is 2.25. The van der Waals surface area contributed by atoms with E-state index in [4.69, 9.17) is 0 Å². The van der Waals surface area contributed by atoms with Crippen LogP contribution in [0.5, 0.6) is 0 Å². The molecule has 2 aromatic rings. The van der Waals surface area contributed by atoms with Crippen LogP contribution in [-0.4, -0.2) is 40.7 Å². The number of thiazole rings is 1. The zero-order valence-corrected chi connectivity index (χ0v) is 17.1. The quantitative estimate of drug-likeness (QED) is 0.588. The number of aromatic nitrogens is 1. The molecule has 7 heteroatoms. The van der Waals surface area contributed by atoms with E-state index in [-0.39, 0.29) is 36.1 Å². The first-order chi connectivity index (χ1) is 14.0. The predicted octanol–water partition coefficient (Wildman–Crippen LogP) is 2.73. The molecule has 0 spiro atoms. The van der Waals surface area contributed by atoms with Crippen molar-refractivity contribution in [2.75, 3.05) is 13.1 Å². The van der Waals surface area contributed by atoms with Crippen LogP contribution in [0.1, 0.15) is 23.4 Å². The molecule has 1 aliphatic carbocycles. The summed E-state index contributed by atoms with van der Waals surface area (Å²) in [5.41, 5.74) is 3.15. The number of nitrogens with zero attached hydrogens (tertiary/aromatic N) is 2. The van der Waals surface area contributed by atoms with Crippen molar-refractivity contribution < 1.29 is 14.4 Å². The van der Waals surface area contributed by atoms with Gasteiger partial charge in [-0.05, 0) is 31.7 Å². The fourth-order valence-electron chi connectivity index (χ4n) is 3.91. The molecule has 6 nitrogen and oxygen atoms in total. The minimum atomic E-state index is -0.298. The molecule has 1 fully saturated rings. The van der Waals surface area contributed by atoms with Crippen molar-refractivity contribution >= 4 is 29.1 Å². The van der Waals surface area contributed by atoms with E-state index in [1.807, 2.05) is 48.7 Å². The molecule has 3 amide bonds. The van der Waals surface area contributed by atoms with Crippen molar-refractivity contribution in [1.29, 1.82) is 0 Å². The average Bonchev–Trinajstić information content (AvgIpc) is 3.26. The second kappa shape index (κ2) is 8.29. The molecule has 0 bridgehead atoms. The monoisotopic (exact) mass is 409 g/mol. The number of amides is 3. The highest BCUT2D eigenvalue weighted by molar-refractivity contribution is 7.09. The van der Waals surface area contributed by atoms with Crippen molar-refractivity contribution in [3.8, 4) is 11.3 Å².